The molecule has 128 valence electrons. The summed E-state index contributed by atoms with van der Waals surface area (Å²) in [5.41, 5.74) is 1.40. The van der Waals surface area contributed by atoms with Crippen molar-refractivity contribution in [3.05, 3.63) is 75.6 Å². The van der Waals surface area contributed by atoms with Crippen molar-refractivity contribution in [3.63, 3.8) is 0 Å². The lowest BCUT2D eigenvalue weighted by Crippen LogP contribution is -2.30. The molecule has 0 aliphatic carbocycles. The van der Waals surface area contributed by atoms with Crippen molar-refractivity contribution in [2.75, 3.05) is 0 Å². The molecule has 1 fully saturated rings. The van der Waals surface area contributed by atoms with Crippen molar-refractivity contribution in [1.82, 2.24) is 4.90 Å². The smallest absolute Gasteiger partial charge is 0.269 e. The van der Waals surface area contributed by atoms with E-state index >= 15 is 0 Å². The predicted octanol–water partition coefficient (Wildman–Crippen LogP) is 2.85. The van der Waals surface area contributed by atoms with Gasteiger partial charge in [0.15, 0.2) is 0 Å². The average Bonchev–Trinajstić information content (AvgIpc) is 2.85. The number of nitro benzene ring substituents is 1. The molecule has 1 atom stereocenters. The van der Waals surface area contributed by atoms with Crippen molar-refractivity contribution in [2.45, 2.75) is 19.4 Å². The van der Waals surface area contributed by atoms with Crippen molar-refractivity contribution in [1.29, 1.82) is 0 Å². The number of halogens is 1. The summed E-state index contributed by atoms with van der Waals surface area (Å²) in [5.74, 6) is -1.35. The molecule has 1 aliphatic rings. The Morgan fingerprint density at radius 1 is 1.04 bits per heavy atom. The van der Waals surface area contributed by atoms with Crippen LogP contribution in [0.1, 0.15) is 17.5 Å². The number of nitro groups is 1. The van der Waals surface area contributed by atoms with E-state index in [9.17, 15) is 24.1 Å². The zero-order chi connectivity index (χ0) is 18.0. The number of likely N-dealkylation sites (tertiary alicyclic amines) is 1. The Morgan fingerprint density at radius 3 is 2.24 bits per heavy atom. The van der Waals surface area contributed by atoms with Gasteiger partial charge in [0, 0.05) is 18.6 Å². The van der Waals surface area contributed by atoms with Crippen LogP contribution in [0.25, 0.3) is 0 Å². The first kappa shape index (κ1) is 16.8. The number of hydrogen-bond acceptors (Lipinski definition) is 4. The van der Waals surface area contributed by atoms with Crippen molar-refractivity contribution in [3.8, 4) is 0 Å². The van der Waals surface area contributed by atoms with E-state index in [1.807, 2.05) is 0 Å². The quantitative estimate of drug-likeness (QED) is 0.475. The predicted molar refractivity (Wildman–Crippen MR) is 86.9 cm³/mol. The van der Waals surface area contributed by atoms with Gasteiger partial charge in [0.05, 0.1) is 17.4 Å². The van der Waals surface area contributed by atoms with Gasteiger partial charge in [0.1, 0.15) is 5.82 Å². The van der Waals surface area contributed by atoms with Gasteiger partial charge in [0.2, 0.25) is 11.8 Å². The Hall–Kier alpha value is -3.09. The van der Waals surface area contributed by atoms with Gasteiger partial charge < -0.3 is 0 Å². The highest BCUT2D eigenvalue weighted by Crippen LogP contribution is 2.26. The highest BCUT2D eigenvalue weighted by atomic mass is 19.1. The zero-order valence-corrected chi connectivity index (χ0v) is 13.2. The lowest BCUT2D eigenvalue weighted by Gasteiger charge is -2.15. The minimum absolute atomic E-state index is 0.0444. The van der Waals surface area contributed by atoms with E-state index in [0.717, 1.165) is 5.56 Å². The summed E-state index contributed by atoms with van der Waals surface area (Å²) in [6.45, 7) is 0.0928. The number of rotatable bonds is 5. The van der Waals surface area contributed by atoms with Crippen molar-refractivity contribution < 1.29 is 18.9 Å². The highest BCUT2D eigenvalue weighted by Gasteiger charge is 2.38. The van der Waals surface area contributed by atoms with E-state index in [1.165, 1.54) is 41.3 Å². The summed E-state index contributed by atoms with van der Waals surface area (Å²) in [5, 5.41) is 10.7. The third kappa shape index (κ3) is 3.71. The van der Waals surface area contributed by atoms with E-state index in [-0.39, 0.29) is 36.3 Å². The molecule has 0 spiro atoms. The van der Waals surface area contributed by atoms with Gasteiger partial charge >= 0.3 is 0 Å². The van der Waals surface area contributed by atoms with E-state index < -0.39 is 10.8 Å². The normalized spacial score (nSPS) is 17.2. The Kier molecular flexibility index (Phi) is 4.56. The molecule has 7 heteroatoms. The molecule has 2 aromatic rings. The first-order chi connectivity index (χ1) is 11.9. The van der Waals surface area contributed by atoms with Gasteiger partial charge in [0.25, 0.3) is 5.69 Å². The molecular weight excluding hydrogens is 327 g/mol. The Labute approximate surface area is 143 Å². The molecule has 0 bridgehead atoms. The summed E-state index contributed by atoms with van der Waals surface area (Å²) in [6.07, 6.45) is 0.491. The van der Waals surface area contributed by atoms with Crippen LogP contribution in [0.15, 0.2) is 48.5 Å². The topological polar surface area (TPSA) is 80.5 Å². The first-order valence-corrected chi connectivity index (χ1v) is 7.76. The molecule has 2 amide bonds. The second-order valence-electron chi connectivity index (χ2n) is 5.97. The molecule has 3 rings (SSSR count). The van der Waals surface area contributed by atoms with E-state index in [0.29, 0.717) is 12.0 Å². The number of benzene rings is 2. The monoisotopic (exact) mass is 342 g/mol. The summed E-state index contributed by atoms with van der Waals surface area (Å²) < 4.78 is 13.0. The summed E-state index contributed by atoms with van der Waals surface area (Å²) in [4.78, 5) is 36.0. The molecule has 0 N–H and O–H groups in total. The Balaban J connectivity index is 1.68. The van der Waals surface area contributed by atoms with Gasteiger partial charge in [-0.15, -0.1) is 0 Å². The lowest BCUT2D eigenvalue weighted by atomic mass is 9.98. The first-order valence-electron chi connectivity index (χ1n) is 7.76. The maximum atomic E-state index is 13.0. The number of amides is 2. The fraction of sp³-hybridized carbons (Fsp3) is 0.222. The standard InChI is InChI=1S/C18H15FN2O4/c19-15-5-1-12(2-6-15)9-14-10-17(22)20(18(14)23)11-13-3-7-16(8-4-13)21(24)25/h1-8,14H,9-11H2. The molecule has 0 radical (unpaired) electrons. The molecule has 1 unspecified atom stereocenters. The van der Waals surface area contributed by atoms with Gasteiger partial charge in [-0.1, -0.05) is 24.3 Å². The molecule has 0 saturated carbocycles. The van der Waals surface area contributed by atoms with Crippen LogP contribution in [0, 0.1) is 21.8 Å². The lowest BCUT2D eigenvalue weighted by molar-refractivity contribution is -0.384. The Bertz CT molecular complexity index is 818. The summed E-state index contributed by atoms with van der Waals surface area (Å²) >= 11 is 0. The third-order valence-electron chi connectivity index (χ3n) is 4.22. The molecule has 2 aromatic carbocycles. The number of hydrogen-bond donors (Lipinski definition) is 0. The number of carbonyl (C=O) groups excluding carboxylic acids is 2. The largest absolute Gasteiger partial charge is 0.278 e. The number of imide groups is 1. The molecule has 0 aromatic heterocycles. The van der Waals surface area contributed by atoms with Crippen LogP contribution in [0.3, 0.4) is 0 Å². The molecule has 25 heavy (non-hydrogen) atoms. The van der Waals surface area contributed by atoms with Crippen molar-refractivity contribution in [2.24, 2.45) is 5.92 Å². The van der Waals surface area contributed by atoms with Crippen LogP contribution in [-0.4, -0.2) is 21.6 Å². The third-order valence-corrected chi connectivity index (χ3v) is 4.22. The maximum Gasteiger partial charge on any atom is 0.269 e. The zero-order valence-electron chi connectivity index (χ0n) is 13.2. The molecule has 1 aliphatic heterocycles. The van der Waals surface area contributed by atoms with Crippen LogP contribution < -0.4 is 0 Å². The van der Waals surface area contributed by atoms with Gasteiger partial charge in [-0.3, -0.25) is 24.6 Å². The Morgan fingerprint density at radius 2 is 1.64 bits per heavy atom. The summed E-state index contributed by atoms with van der Waals surface area (Å²) in [6, 6.07) is 11.6. The van der Waals surface area contributed by atoms with Crippen LogP contribution in [-0.2, 0) is 22.6 Å². The second-order valence-corrected chi connectivity index (χ2v) is 5.97. The molecule has 1 heterocycles. The highest BCUT2D eigenvalue weighted by molar-refractivity contribution is 6.03. The van der Waals surface area contributed by atoms with Crippen LogP contribution in [0.4, 0.5) is 10.1 Å². The SMILES string of the molecule is O=C1CC(Cc2ccc(F)cc2)C(=O)N1Cc1ccc([N+](=O)[O-])cc1. The van der Waals surface area contributed by atoms with Crippen LogP contribution >= 0.6 is 0 Å². The molecule has 6 nitrogen and oxygen atoms in total. The van der Waals surface area contributed by atoms with Crippen LogP contribution in [0.2, 0.25) is 0 Å². The minimum atomic E-state index is -0.505. The minimum Gasteiger partial charge on any atom is -0.278 e. The number of carbonyl (C=O) groups is 2. The van der Waals surface area contributed by atoms with Gasteiger partial charge in [-0.05, 0) is 29.7 Å². The van der Waals surface area contributed by atoms with Crippen LogP contribution in [0.5, 0.6) is 0 Å². The fourth-order valence-corrected chi connectivity index (χ4v) is 2.89. The number of nitrogens with zero attached hydrogens (tertiary/aromatic N) is 2. The number of non-ortho nitro benzene ring substituents is 1. The molecule has 1 saturated heterocycles. The van der Waals surface area contributed by atoms with E-state index in [4.69, 9.17) is 0 Å². The fourth-order valence-electron chi connectivity index (χ4n) is 2.89. The molecular formula is C18H15FN2O4. The van der Waals surface area contributed by atoms with Gasteiger partial charge in [-0.25, -0.2) is 4.39 Å². The second kappa shape index (κ2) is 6.80. The maximum absolute atomic E-state index is 13.0. The van der Waals surface area contributed by atoms with E-state index in [1.54, 1.807) is 12.1 Å². The average molecular weight is 342 g/mol. The summed E-state index contributed by atoms with van der Waals surface area (Å²) in [7, 11) is 0. The van der Waals surface area contributed by atoms with E-state index in [2.05, 4.69) is 0 Å². The van der Waals surface area contributed by atoms with Gasteiger partial charge in [-0.2, -0.15) is 0 Å². The van der Waals surface area contributed by atoms with Crippen molar-refractivity contribution >= 4 is 17.5 Å².